The second-order valence-corrected chi connectivity index (χ2v) is 9.18. The number of carbonyl (C=O) groups excluding carboxylic acids is 2. The Morgan fingerprint density at radius 1 is 1.11 bits per heavy atom. The Balaban J connectivity index is 0.00000361. The van der Waals surface area contributed by atoms with E-state index in [0.29, 0.717) is 30.4 Å². The second-order valence-electron chi connectivity index (χ2n) is 9.18. The van der Waals surface area contributed by atoms with Crippen molar-refractivity contribution in [2.45, 2.75) is 52.6 Å². The summed E-state index contributed by atoms with van der Waals surface area (Å²) in [5.41, 5.74) is 6.11. The monoisotopic (exact) mass is 499 g/mol. The van der Waals surface area contributed by atoms with Gasteiger partial charge in [0.25, 0.3) is 0 Å². The number of benzene rings is 1. The fourth-order valence-electron chi connectivity index (χ4n) is 4.05. The fourth-order valence-corrected chi connectivity index (χ4v) is 4.05. The molecule has 0 bridgehead atoms. The topological polar surface area (TPSA) is 131 Å². The summed E-state index contributed by atoms with van der Waals surface area (Å²) in [5.74, 6) is -0.325. The smallest absolute Gasteiger partial charge is 0.316 e. The summed E-state index contributed by atoms with van der Waals surface area (Å²) in [7, 11) is 0. The van der Waals surface area contributed by atoms with E-state index in [1.807, 2.05) is 4.90 Å². The van der Waals surface area contributed by atoms with E-state index in [9.17, 15) is 14.0 Å². The summed E-state index contributed by atoms with van der Waals surface area (Å²) >= 11 is 0. The maximum Gasteiger partial charge on any atom is 0.316 e. The molecule has 0 spiro atoms. The van der Waals surface area contributed by atoms with E-state index in [4.69, 9.17) is 20.6 Å². The molecule has 9 nitrogen and oxygen atoms in total. The molecule has 1 aromatic carbocycles. The molecule has 1 aromatic heterocycles. The standard InChI is InChI=1S/C25H30FN5O4.CH4/c26-24-18(15-34-23(33)11-21(27)28)2-1-3-20(24)19-12-29-25(30-13-19)35-14-17-6-8-31(9-7-17)22(32)10-16-4-5-16;/h1-3,12-13,16-17H,4-11,14-15H2,(H3,27,28);1H4. The number of rotatable bonds is 10. The first-order chi connectivity index (χ1) is 16.9. The van der Waals surface area contributed by atoms with Gasteiger partial charge in [-0.05, 0) is 37.5 Å². The number of nitrogens with zero attached hydrogens (tertiary/aromatic N) is 3. The largest absolute Gasteiger partial charge is 0.463 e. The van der Waals surface area contributed by atoms with E-state index < -0.39 is 11.8 Å². The Bertz CT molecular complexity index is 1070. The van der Waals surface area contributed by atoms with Gasteiger partial charge in [-0.3, -0.25) is 15.0 Å². The van der Waals surface area contributed by atoms with Crippen molar-refractivity contribution in [3.8, 4) is 17.1 Å². The number of piperidine rings is 1. The van der Waals surface area contributed by atoms with Crippen LogP contribution < -0.4 is 10.5 Å². The molecule has 1 aliphatic carbocycles. The summed E-state index contributed by atoms with van der Waals surface area (Å²) < 4.78 is 25.7. The van der Waals surface area contributed by atoms with Crippen LogP contribution in [0.25, 0.3) is 11.1 Å². The Labute approximate surface area is 210 Å². The van der Waals surface area contributed by atoms with Crippen molar-refractivity contribution in [1.29, 1.82) is 5.41 Å². The van der Waals surface area contributed by atoms with Crippen LogP contribution in [0.4, 0.5) is 4.39 Å². The third kappa shape index (κ3) is 7.47. The summed E-state index contributed by atoms with van der Waals surface area (Å²) in [4.78, 5) is 34.2. The maximum absolute atomic E-state index is 15.0. The number of nitrogens with two attached hydrogens (primary N) is 1. The van der Waals surface area contributed by atoms with Crippen LogP contribution >= 0.6 is 0 Å². The predicted octanol–water partition coefficient (Wildman–Crippen LogP) is 3.71. The van der Waals surface area contributed by atoms with E-state index in [1.54, 1.807) is 12.1 Å². The number of carbonyl (C=O) groups is 2. The van der Waals surface area contributed by atoms with E-state index in [1.165, 1.54) is 31.3 Å². The molecule has 0 unspecified atom stereocenters. The van der Waals surface area contributed by atoms with Gasteiger partial charge in [0.1, 0.15) is 24.7 Å². The number of aromatic nitrogens is 2. The van der Waals surface area contributed by atoms with Gasteiger partial charge in [-0.15, -0.1) is 0 Å². The summed E-state index contributed by atoms with van der Waals surface area (Å²) in [6, 6.07) is 4.98. The van der Waals surface area contributed by atoms with Gasteiger partial charge in [-0.1, -0.05) is 25.6 Å². The van der Waals surface area contributed by atoms with Gasteiger partial charge in [0.05, 0.1) is 6.61 Å². The van der Waals surface area contributed by atoms with Crippen molar-refractivity contribution in [3.05, 3.63) is 42.0 Å². The number of esters is 1. The van der Waals surface area contributed by atoms with E-state index in [0.717, 1.165) is 25.9 Å². The quantitative estimate of drug-likeness (QED) is 0.289. The van der Waals surface area contributed by atoms with Crippen molar-refractivity contribution in [2.75, 3.05) is 19.7 Å². The van der Waals surface area contributed by atoms with Gasteiger partial charge in [0, 0.05) is 48.6 Å². The van der Waals surface area contributed by atoms with Crippen LogP contribution in [0.1, 0.15) is 51.5 Å². The third-order valence-electron chi connectivity index (χ3n) is 6.32. The number of ether oxygens (including phenoxy) is 2. The average molecular weight is 500 g/mol. The first kappa shape index (κ1) is 27.0. The van der Waals surface area contributed by atoms with E-state index >= 15 is 0 Å². The lowest BCUT2D eigenvalue weighted by molar-refractivity contribution is -0.143. The lowest BCUT2D eigenvalue weighted by atomic mass is 9.97. The Kier molecular flexibility index (Phi) is 9.32. The third-order valence-corrected chi connectivity index (χ3v) is 6.32. The number of amides is 1. The number of likely N-dealkylation sites (tertiary alicyclic amines) is 1. The zero-order valence-corrected chi connectivity index (χ0v) is 19.5. The van der Waals surface area contributed by atoms with E-state index in [-0.39, 0.29) is 49.3 Å². The van der Waals surface area contributed by atoms with Crippen molar-refractivity contribution in [3.63, 3.8) is 0 Å². The number of nitrogens with one attached hydrogen (secondary N) is 1. The van der Waals surface area contributed by atoms with Gasteiger partial charge in [-0.25, -0.2) is 14.4 Å². The molecular weight excluding hydrogens is 465 g/mol. The highest BCUT2D eigenvalue weighted by atomic mass is 19.1. The first-order valence-corrected chi connectivity index (χ1v) is 11.9. The van der Waals surface area contributed by atoms with Crippen LogP contribution in [0.2, 0.25) is 0 Å². The fraction of sp³-hybridized carbons (Fsp3) is 0.500. The highest BCUT2D eigenvalue weighted by molar-refractivity contribution is 5.94. The predicted molar refractivity (Wildman–Crippen MR) is 133 cm³/mol. The normalized spacial score (nSPS) is 15.6. The summed E-state index contributed by atoms with van der Waals surface area (Å²) in [5, 5.41) is 7.11. The van der Waals surface area contributed by atoms with Crippen molar-refractivity contribution in [1.82, 2.24) is 14.9 Å². The summed E-state index contributed by atoms with van der Waals surface area (Å²) in [6.07, 6.45) is 7.49. The minimum atomic E-state index is -0.692. The first-order valence-electron chi connectivity index (χ1n) is 11.9. The number of hydrogen-bond donors (Lipinski definition) is 2. The maximum atomic E-state index is 15.0. The minimum Gasteiger partial charge on any atom is -0.463 e. The van der Waals surface area contributed by atoms with Gasteiger partial charge in [0.15, 0.2) is 0 Å². The minimum absolute atomic E-state index is 0. The Hall–Kier alpha value is -3.56. The molecule has 3 N–H and O–H groups in total. The molecule has 1 amide bonds. The molecule has 0 radical (unpaired) electrons. The van der Waals surface area contributed by atoms with Crippen LogP contribution in [0.15, 0.2) is 30.6 Å². The number of halogens is 1. The molecule has 36 heavy (non-hydrogen) atoms. The molecule has 2 aliphatic rings. The second kappa shape index (κ2) is 12.4. The molecule has 0 atom stereocenters. The molecule has 1 saturated heterocycles. The molecule has 194 valence electrons. The molecule has 2 fully saturated rings. The van der Waals surface area contributed by atoms with Crippen LogP contribution in [-0.4, -0.2) is 52.3 Å². The zero-order valence-electron chi connectivity index (χ0n) is 19.5. The SMILES string of the molecule is C.N=C(N)CC(=O)OCc1cccc(-c2cnc(OCC3CCN(C(=O)CC4CC4)CC3)nc2)c1F. The molecule has 2 heterocycles. The van der Waals surface area contributed by atoms with Crippen molar-refractivity contribution >= 4 is 17.7 Å². The number of hydrogen-bond acceptors (Lipinski definition) is 7. The highest BCUT2D eigenvalue weighted by Crippen LogP contribution is 2.33. The zero-order chi connectivity index (χ0) is 24.8. The molecule has 1 saturated carbocycles. The molecule has 4 rings (SSSR count). The van der Waals surface area contributed by atoms with Crippen LogP contribution in [-0.2, 0) is 20.9 Å². The lowest BCUT2D eigenvalue weighted by Gasteiger charge is -2.31. The number of amidine groups is 1. The molecule has 2 aromatic rings. The average Bonchev–Trinajstić information content (AvgIpc) is 3.66. The molecular formula is C26H34FN5O4. The van der Waals surface area contributed by atoms with Gasteiger partial charge >= 0.3 is 12.0 Å². The Morgan fingerprint density at radius 3 is 2.44 bits per heavy atom. The van der Waals surface area contributed by atoms with Gasteiger partial charge in [0.2, 0.25) is 5.91 Å². The van der Waals surface area contributed by atoms with E-state index in [2.05, 4.69) is 9.97 Å². The van der Waals surface area contributed by atoms with Gasteiger partial charge in [-0.2, -0.15) is 0 Å². The van der Waals surface area contributed by atoms with Crippen LogP contribution in [0.5, 0.6) is 6.01 Å². The van der Waals surface area contributed by atoms with Crippen molar-refractivity contribution in [2.24, 2.45) is 17.6 Å². The highest BCUT2D eigenvalue weighted by Gasteiger charge is 2.29. The van der Waals surface area contributed by atoms with Crippen molar-refractivity contribution < 1.29 is 23.5 Å². The lowest BCUT2D eigenvalue weighted by Crippen LogP contribution is -2.39. The Morgan fingerprint density at radius 2 is 1.81 bits per heavy atom. The van der Waals surface area contributed by atoms with Crippen LogP contribution in [0, 0.1) is 23.1 Å². The molecule has 1 aliphatic heterocycles. The van der Waals surface area contributed by atoms with Crippen LogP contribution in [0.3, 0.4) is 0 Å². The summed E-state index contributed by atoms with van der Waals surface area (Å²) in [6.45, 7) is 1.73. The van der Waals surface area contributed by atoms with Gasteiger partial charge < -0.3 is 20.1 Å². The molecule has 10 heteroatoms.